The van der Waals surface area contributed by atoms with Crippen LogP contribution in [0.2, 0.25) is 0 Å². The first-order chi connectivity index (χ1) is 20.1. The SMILES string of the molecule is CCOC(CCCO)C(CCCCCOC(c1ccccc1)(c1ccc(OC)cc1)c1ccc(OC)cc1)OCC. The first-order valence-electron chi connectivity index (χ1n) is 14.9. The predicted molar refractivity (Wildman–Crippen MR) is 164 cm³/mol. The number of hydrogen-bond donors (Lipinski definition) is 1. The Morgan fingerprint density at radius 1 is 0.610 bits per heavy atom. The lowest BCUT2D eigenvalue weighted by atomic mass is 9.80. The molecule has 2 atom stereocenters. The monoisotopic (exact) mass is 564 g/mol. The molecule has 224 valence electrons. The third-order valence-corrected chi connectivity index (χ3v) is 7.45. The third-order valence-electron chi connectivity index (χ3n) is 7.45. The topological polar surface area (TPSA) is 66.4 Å². The minimum atomic E-state index is -0.794. The van der Waals surface area contributed by atoms with Gasteiger partial charge in [0.05, 0.1) is 26.4 Å². The zero-order valence-corrected chi connectivity index (χ0v) is 25.2. The van der Waals surface area contributed by atoms with E-state index >= 15 is 0 Å². The fourth-order valence-electron chi connectivity index (χ4n) is 5.40. The molecule has 6 nitrogen and oxygen atoms in total. The molecule has 0 aliphatic carbocycles. The molecule has 3 aromatic rings. The van der Waals surface area contributed by atoms with Crippen LogP contribution in [0.5, 0.6) is 11.5 Å². The van der Waals surface area contributed by atoms with Crippen LogP contribution in [0.1, 0.15) is 69.1 Å². The number of ether oxygens (including phenoxy) is 5. The van der Waals surface area contributed by atoms with Gasteiger partial charge in [-0.25, -0.2) is 0 Å². The van der Waals surface area contributed by atoms with Gasteiger partial charge in [-0.3, -0.25) is 0 Å². The minimum absolute atomic E-state index is 0.0132. The summed E-state index contributed by atoms with van der Waals surface area (Å²) in [6.45, 7) is 6.09. The van der Waals surface area contributed by atoms with Crippen LogP contribution < -0.4 is 9.47 Å². The van der Waals surface area contributed by atoms with Gasteiger partial charge in [0.2, 0.25) is 0 Å². The van der Waals surface area contributed by atoms with E-state index in [-0.39, 0.29) is 18.8 Å². The van der Waals surface area contributed by atoms with Crippen LogP contribution in [0, 0.1) is 0 Å². The van der Waals surface area contributed by atoms with E-state index in [2.05, 4.69) is 48.5 Å². The standard InChI is InChI=1S/C35H48O6/c1-5-39-33(34(40-6-2)17-13-26-36)16-11-8-12-27-41-35(28-14-9-7-10-15-28,29-18-22-31(37-3)23-19-29)30-20-24-32(38-4)25-21-30/h7,9-10,14-15,18-25,33-34,36H,5-6,8,11-13,16-17,26-27H2,1-4H3. The van der Waals surface area contributed by atoms with Gasteiger partial charge in [-0.1, -0.05) is 67.4 Å². The van der Waals surface area contributed by atoms with E-state index in [1.807, 2.05) is 44.2 Å². The van der Waals surface area contributed by atoms with E-state index in [0.29, 0.717) is 19.8 Å². The van der Waals surface area contributed by atoms with Crippen molar-refractivity contribution in [1.82, 2.24) is 0 Å². The second kappa shape index (κ2) is 17.8. The zero-order chi connectivity index (χ0) is 29.3. The molecule has 0 aliphatic heterocycles. The highest BCUT2D eigenvalue weighted by Crippen LogP contribution is 2.41. The Balaban J connectivity index is 1.79. The van der Waals surface area contributed by atoms with Crippen molar-refractivity contribution in [3.05, 3.63) is 95.6 Å². The molecule has 0 bridgehead atoms. The molecule has 2 unspecified atom stereocenters. The molecule has 3 aromatic carbocycles. The maximum atomic E-state index is 9.31. The summed E-state index contributed by atoms with van der Waals surface area (Å²) < 4.78 is 29.9. The number of benzene rings is 3. The molecule has 0 heterocycles. The lowest BCUT2D eigenvalue weighted by molar-refractivity contribution is -0.0759. The molecule has 3 rings (SSSR count). The van der Waals surface area contributed by atoms with Gasteiger partial charge in [-0.05, 0) is 80.5 Å². The molecular weight excluding hydrogens is 516 g/mol. The van der Waals surface area contributed by atoms with Crippen molar-refractivity contribution in [3.8, 4) is 11.5 Å². The number of rotatable bonds is 20. The van der Waals surface area contributed by atoms with Crippen molar-refractivity contribution in [2.24, 2.45) is 0 Å². The molecule has 0 saturated carbocycles. The number of aliphatic hydroxyl groups is 1. The summed E-state index contributed by atoms with van der Waals surface area (Å²) in [6.07, 6.45) is 5.44. The lowest BCUT2D eigenvalue weighted by Gasteiger charge is -2.36. The Labute approximate surface area is 246 Å². The molecule has 0 spiro atoms. The van der Waals surface area contributed by atoms with Crippen molar-refractivity contribution in [1.29, 1.82) is 0 Å². The van der Waals surface area contributed by atoms with Crippen LogP contribution in [0.3, 0.4) is 0 Å². The van der Waals surface area contributed by atoms with Gasteiger partial charge in [0, 0.05) is 26.4 Å². The van der Waals surface area contributed by atoms with Crippen LogP contribution >= 0.6 is 0 Å². The summed E-state index contributed by atoms with van der Waals surface area (Å²) in [4.78, 5) is 0. The lowest BCUT2D eigenvalue weighted by Crippen LogP contribution is -2.33. The fourth-order valence-corrected chi connectivity index (χ4v) is 5.40. The van der Waals surface area contributed by atoms with Crippen LogP contribution in [0.4, 0.5) is 0 Å². The number of methoxy groups -OCH3 is 2. The number of unbranched alkanes of at least 4 members (excludes halogenated alkanes) is 2. The summed E-state index contributed by atoms with van der Waals surface area (Å²) in [7, 11) is 3.36. The summed E-state index contributed by atoms with van der Waals surface area (Å²) >= 11 is 0. The van der Waals surface area contributed by atoms with E-state index in [9.17, 15) is 5.11 Å². The summed E-state index contributed by atoms with van der Waals surface area (Å²) in [5.41, 5.74) is 2.34. The molecule has 41 heavy (non-hydrogen) atoms. The highest BCUT2D eigenvalue weighted by Gasteiger charge is 2.37. The summed E-state index contributed by atoms with van der Waals surface area (Å²) in [6, 6.07) is 26.7. The van der Waals surface area contributed by atoms with E-state index < -0.39 is 5.60 Å². The van der Waals surface area contributed by atoms with E-state index in [0.717, 1.165) is 66.7 Å². The molecular formula is C35H48O6. The number of aliphatic hydroxyl groups excluding tert-OH is 1. The van der Waals surface area contributed by atoms with Crippen molar-refractivity contribution >= 4 is 0 Å². The van der Waals surface area contributed by atoms with Crippen molar-refractivity contribution in [2.45, 2.75) is 70.2 Å². The third kappa shape index (κ3) is 9.04. The van der Waals surface area contributed by atoms with Gasteiger partial charge >= 0.3 is 0 Å². The molecule has 0 fully saturated rings. The first kappa shape index (κ1) is 32.6. The van der Waals surface area contributed by atoms with E-state index in [1.165, 1.54) is 0 Å². The maximum absolute atomic E-state index is 9.31. The normalized spacial score (nSPS) is 13.1. The molecule has 1 N–H and O–H groups in total. The van der Waals surface area contributed by atoms with Gasteiger partial charge in [-0.2, -0.15) is 0 Å². The highest BCUT2D eigenvalue weighted by molar-refractivity contribution is 5.49. The number of hydrogen-bond acceptors (Lipinski definition) is 6. The van der Waals surface area contributed by atoms with Crippen molar-refractivity contribution < 1.29 is 28.8 Å². The molecule has 0 saturated heterocycles. The largest absolute Gasteiger partial charge is 0.497 e. The summed E-state index contributed by atoms with van der Waals surface area (Å²) in [5, 5.41) is 9.31. The maximum Gasteiger partial charge on any atom is 0.143 e. The minimum Gasteiger partial charge on any atom is -0.497 e. The average Bonchev–Trinajstić information content (AvgIpc) is 3.03. The van der Waals surface area contributed by atoms with Gasteiger partial charge in [0.1, 0.15) is 17.1 Å². The Morgan fingerprint density at radius 2 is 1.10 bits per heavy atom. The van der Waals surface area contributed by atoms with Gasteiger partial charge in [0.25, 0.3) is 0 Å². The Bertz CT molecular complexity index is 1040. The van der Waals surface area contributed by atoms with Crippen molar-refractivity contribution in [3.63, 3.8) is 0 Å². The molecule has 0 amide bonds. The smallest absolute Gasteiger partial charge is 0.143 e. The van der Waals surface area contributed by atoms with Crippen LogP contribution in [0.15, 0.2) is 78.9 Å². The van der Waals surface area contributed by atoms with Crippen molar-refractivity contribution in [2.75, 3.05) is 40.6 Å². The molecule has 0 aliphatic rings. The predicted octanol–water partition coefficient (Wildman–Crippen LogP) is 7.16. The Kier molecular flexibility index (Phi) is 14.2. The molecule has 6 heteroatoms. The Morgan fingerprint density at radius 3 is 1.56 bits per heavy atom. The van der Waals surface area contributed by atoms with Gasteiger partial charge in [-0.15, -0.1) is 0 Å². The van der Waals surface area contributed by atoms with Gasteiger partial charge in [0.15, 0.2) is 0 Å². The van der Waals surface area contributed by atoms with Crippen LogP contribution in [-0.2, 0) is 19.8 Å². The van der Waals surface area contributed by atoms with E-state index in [4.69, 9.17) is 23.7 Å². The summed E-state index contributed by atoms with van der Waals surface area (Å²) in [5.74, 6) is 1.61. The van der Waals surface area contributed by atoms with Crippen LogP contribution in [-0.4, -0.2) is 58.0 Å². The second-order valence-corrected chi connectivity index (χ2v) is 10.1. The first-order valence-corrected chi connectivity index (χ1v) is 14.9. The zero-order valence-electron chi connectivity index (χ0n) is 25.2. The molecule has 0 aromatic heterocycles. The highest BCUT2D eigenvalue weighted by atomic mass is 16.5. The second-order valence-electron chi connectivity index (χ2n) is 10.1. The van der Waals surface area contributed by atoms with Crippen LogP contribution in [0.25, 0.3) is 0 Å². The average molecular weight is 565 g/mol. The van der Waals surface area contributed by atoms with Gasteiger partial charge < -0.3 is 28.8 Å². The molecule has 0 radical (unpaired) electrons. The quantitative estimate of drug-likeness (QED) is 0.116. The Hall–Kier alpha value is -2.90. The fraction of sp³-hybridized carbons (Fsp3) is 0.486. The van der Waals surface area contributed by atoms with E-state index in [1.54, 1.807) is 14.2 Å².